The second kappa shape index (κ2) is 6.92. The summed E-state index contributed by atoms with van der Waals surface area (Å²) in [4.78, 5) is 0.229. The number of nitrogens with two attached hydrogens (primary N) is 1. The zero-order chi connectivity index (χ0) is 15.4. The van der Waals surface area contributed by atoms with Crippen molar-refractivity contribution in [3.05, 3.63) is 58.6 Å². The maximum absolute atomic E-state index is 6.13. The lowest BCUT2D eigenvalue weighted by Gasteiger charge is -2.13. The van der Waals surface area contributed by atoms with E-state index in [1.807, 2.05) is 24.3 Å². The molecule has 0 fully saturated rings. The summed E-state index contributed by atoms with van der Waals surface area (Å²) in [7, 11) is 0. The van der Waals surface area contributed by atoms with Crippen LogP contribution in [0.2, 0.25) is 5.02 Å². The average Bonchev–Trinajstić information content (AvgIpc) is 2.47. The SMILES string of the molecule is CCC(C)c1ccc(Oc2cccc(Cl)c2C(N)=S)cc1. The summed E-state index contributed by atoms with van der Waals surface area (Å²) in [5.74, 6) is 1.85. The third kappa shape index (κ3) is 3.74. The van der Waals surface area contributed by atoms with Gasteiger partial charge in [-0.3, -0.25) is 0 Å². The van der Waals surface area contributed by atoms with Crippen LogP contribution >= 0.6 is 23.8 Å². The molecule has 2 N–H and O–H groups in total. The Bertz CT molecular complexity index is 640. The molecular weight excluding hydrogens is 302 g/mol. The molecule has 2 aromatic rings. The normalized spacial score (nSPS) is 12.0. The summed E-state index contributed by atoms with van der Waals surface area (Å²) in [5.41, 5.74) is 7.58. The van der Waals surface area contributed by atoms with Crippen LogP contribution in [0.5, 0.6) is 11.5 Å². The number of halogens is 1. The van der Waals surface area contributed by atoms with Crippen LogP contribution in [-0.4, -0.2) is 4.99 Å². The number of benzene rings is 2. The van der Waals surface area contributed by atoms with Gasteiger partial charge in [0.05, 0.1) is 10.6 Å². The lowest BCUT2D eigenvalue weighted by Crippen LogP contribution is -2.11. The van der Waals surface area contributed by atoms with Gasteiger partial charge < -0.3 is 10.5 Å². The van der Waals surface area contributed by atoms with E-state index >= 15 is 0 Å². The van der Waals surface area contributed by atoms with Crippen molar-refractivity contribution in [1.29, 1.82) is 0 Å². The molecule has 0 aliphatic carbocycles. The van der Waals surface area contributed by atoms with Gasteiger partial charge in [0, 0.05) is 0 Å². The first kappa shape index (κ1) is 15.8. The Hall–Kier alpha value is -1.58. The van der Waals surface area contributed by atoms with E-state index in [1.54, 1.807) is 6.07 Å². The summed E-state index contributed by atoms with van der Waals surface area (Å²) in [6.45, 7) is 4.38. The maximum Gasteiger partial charge on any atom is 0.139 e. The number of rotatable bonds is 5. The number of hydrogen-bond acceptors (Lipinski definition) is 2. The molecule has 0 aliphatic rings. The molecular formula is C17H18ClNOS. The number of ether oxygens (including phenoxy) is 1. The molecule has 0 heterocycles. The summed E-state index contributed by atoms with van der Waals surface area (Å²) < 4.78 is 5.87. The average molecular weight is 320 g/mol. The van der Waals surface area contributed by atoms with Crippen LogP contribution in [0, 0.1) is 0 Å². The largest absolute Gasteiger partial charge is 0.457 e. The van der Waals surface area contributed by atoms with Gasteiger partial charge in [-0.2, -0.15) is 0 Å². The van der Waals surface area contributed by atoms with E-state index in [1.165, 1.54) is 5.56 Å². The molecule has 1 atom stereocenters. The van der Waals surface area contributed by atoms with Crippen LogP contribution in [0.15, 0.2) is 42.5 Å². The predicted molar refractivity (Wildman–Crippen MR) is 92.6 cm³/mol. The first-order valence-corrected chi connectivity index (χ1v) is 7.67. The van der Waals surface area contributed by atoms with Gasteiger partial charge in [-0.1, -0.05) is 55.9 Å². The van der Waals surface area contributed by atoms with E-state index in [-0.39, 0.29) is 4.99 Å². The van der Waals surface area contributed by atoms with E-state index in [2.05, 4.69) is 26.0 Å². The van der Waals surface area contributed by atoms with Gasteiger partial charge >= 0.3 is 0 Å². The number of hydrogen-bond donors (Lipinski definition) is 1. The van der Waals surface area contributed by atoms with Gasteiger partial charge in [-0.15, -0.1) is 0 Å². The van der Waals surface area contributed by atoms with E-state index in [0.29, 0.717) is 22.3 Å². The zero-order valence-corrected chi connectivity index (χ0v) is 13.7. The third-order valence-corrected chi connectivity index (χ3v) is 4.03. The molecule has 0 radical (unpaired) electrons. The highest BCUT2D eigenvalue weighted by molar-refractivity contribution is 7.80. The van der Waals surface area contributed by atoms with Crippen LogP contribution in [0.3, 0.4) is 0 Å². The van der Waals surface area contributed by atoms with Crippen molar-refractivity contribution < 1.29 is 4.74 Å². The molecule has 0 aromatic heterocycles. The molecule has 110 valence electrons. The molecule has 0 aliphatic heterocycles. The molecule has 1 unspecified atom stereocenters. The van der Waals surface area contributed by atoms with Gasteiger partial charge in [0.15, 0.2) is 0 Å². The summed E-state index contributed by atoms with van der Waals surface area (Å²) in [5, 5.41) is 0.497. The van der Waals surface area contributed by atoms with Gasteiger partial charge in [0.25, 0.3) is 0 Å². The van der Waals surface area contributed by atoms with Gasteiger partial charge in [-0.25, -0.2) is 0 Å². The summed E-state index contributed by atoms with van der Waals surface area (Å²) in [6.07, 6.45) is 1.11. The minimum absolute atomic E-state index is 0.229. The van der Waals surface area contributed by atoms with E-state index in [9.17, 15) is 0 Å². The Labute approximate surface area is 135 Å². The van der Waals surface area contributed by atoms with E-state index in [0.717, 1.165) is 12.2 Å². The van der Waals surface area contributed by atoms with Crippen molar-refractivity contribution in [2.24, 2.45) is 5.73 Å². The Morgan fingerprint density at radius 2 is 1.90 bits per heavy atom. The van der Waals surface area contributed by atoms with Gasteiger partial charge in [-0.05, 0) is 42.2 Å². The Morgan fingerprint density at radius 3 is 2.48 bits per heavy atom. The summed E-state index contributed by atoms with van der Waals surface area (Å²) in [6, 6.07) is 13.4. The fourth-order valence-electron chi connectivity index (χ4n) is 2.06. The predicted octanol–water partition coefficient (Wildman–Crippen LogP) is 5.28. The van der Waals surface area contributed by atoms with E-state index < -0.39 is 0 Å². The van der Waals surface area contributed by atoms with Crippen molar-refractivity contribution in [3.63, 3.8) is 0 Å². The molecule has 2 nitrogen and oxygen atoms in total. The van der Waals surface area contributed by atoms with Crippen LogP contribution in [0.4, 0.5) is 0 Å². The smallest absolute Gasteiger partial charge is 0.139 e. The standard InChI is InChI=1S/C17H18ClNOS/c1-3-11(2)12-7-9-13(10-8-12)20-15-6-4-5-14(18)16(15)17(19)21/h4-11H,3H2,1-2H3,(H2,19,21). The first-order chi connectivity index (χ1) is 10.0. The molecule has 4 heteroatoms. The van der Waals surface area contributed by atoms with Crippen molar-refractivity contribution in [2.45, 2.75) is 26.2 Å². The fourth-order valence-corrected chi connectivity index (χ4v) is 2.59. The van der Waals surface area contributed by atoms with Gasteiger partial charge in [0.2, 0.25) is 0 Å². The van der Waals surface area contributed by atoms with Crippen molar-refractivity contribution >= 4 is 28.8 Å². The Balaban J connectivity index is 2.27. The molecule has 0 saturated carbocycles. The van der Waals surface area contributed by atoms with Crippen LogP contribution in [-0.2, 0) is 0 Å². The molecule has 0 bridgehead atoms. The second-order valence-electron chi connectivity index (χ2n) is 4.96. The molecule has 0 saturated heterocycles. The zero-order valence-electron chi connectivity index (χ0n) is 12.1. The van der Waals surface area contributed by atoms with Crippen LogP contribution < -0.4 is 10.5 Å². The molecule has 21 heavy (non-hydrogen) atoms. The molecule has 0 amide bonds. The highest BCUT2D eigenvalue weighted by Gasteiger charge is 2.12. The second-order valence-corrected chi connectivity index (χ2v) is 5.80. The van der Waals surface area contributed by atoms with Gasteiger partial charge in [0.1, 0.15) is 16.5 Å². The highest BCUT2D eigenvalue weighted by Crippen LogP contribution is 2.31. The van der Waals surface area contributed by atoms with E-state index in [4.69, 9.17) is 34.3 Å². The monoisotopic (exact) mass is 319 g/mol. The topological polar surface area (TPSA) is 35.2 Å². The van der Waals surface area contributed by atoms with Crippen molar-refractivity contribution in [3.8, 4) is 11.5 Å². The van der Waals surface area contributed by atoms with Crippen LogP contribution in [0.25, 0.3) is 0 Å². The molecule has 2 rings (SSSR count). The minimum Gasteiger partial charge on any atom is -0.457 e. The number of thiocarbonyl (C=S) groups is 1. The Kier molecular flexibility index (Phi) is 5.21. The molecule has 0 spiro atoms. The highest BCUT2D eigenvalue weighted by atomic mass is 35.5. The summed E-state index contributed by atoms with van der Waals surface area (Å²) >= 11 is 11.2. The maximum atomic E-state index is 6.13. The fraction of sp³-hybridized carbons (Fsp3) is 0.235. The van der Waals surface area contributed by atoms with Crippen molar-refractivity contribution in [2.75, 3.05) is 0 Å². The quantitative estimate of drug-likeness (QED) is 0.761. The van der Waals surface area contributed by atoms with Crippen molar-refractivity contribution in [1.82, 2.24) is 0 Å². The Morgan fingerprint density at radius 1 is 1.24 bits per heavy atom. The first-order valence-electron chi connectivity index (χ1n) is 6.89. The minimum atomic E-state index is 0.229. The lowest BCUT2D eigenvalue weighted by molar-refractivity contribution is 0.481. The lowest BCUT2D eigenvalue weighted by atomic mass is 9.99. The molecule has 2 aromatic carbocycles. The van der Waals surface area contributed by atoms with Crippen LogP contribution in [0.1, 0.15) is 37.3 Å². The third-order valence-electron chi connectivity index (χ3n) is 3.51.